The minimum Gasteiger partial charge on any atom is -0.457 e. The van der Waals surface area contributed by atoms with E-state index in [9.17, 15) is 13.2 Å². The van der Waals surface area contributed by atoms with E-state index < -0.39 is 10.0 Å². The number of benzene rings is 3. The van der Waals surface area contributed by atoms with E-state index in [1.807, 2.05) is 30.3 Å². The number of fused-ring (bicyclic) bond motifs is 1. The third-order valence-corrected chi connectivity index (χ3v) is 6.17. The molecule has 0 amide bonds. The average Bonchev–Trinajstić information content (AvgIpc) is 2.73. The van der Waals surface area contributed by atoms with E-state index in [0.29, 0.717) is 22.7 Å². The van der Waals surface area contributed by atoms with Crippen molar-refractivity contribution in [2.24, 2.45) is 7.05 Å². The number of aromatic nitrogens is 1. The first kappa shape index (κ1) is 19.7. The van der Waals surface area contributed by atoms with Gasteiger partial charge in [0, 0.05) is 23.7 Å². The monoisotopic (exact) mass is 420 g/mol. The lowest BCUT2D eigenvalue weighted by molar-refractivity contribution is 0.482. The van der Waals surface area contributed by atoms with Gasteiger partial charge in [-0.15, -0.1) is 0 Å². The summed E-state index contributed by atoms with van der Waals surface area (Å²) in [5.74, 6) is 1.22. The summed E-state index contributed by atoms with van der Waals surface area (Å²) < 4.78 is 35.4. The molecule has 0 bridgehead atoms. The molecule has 0 saturated heterocycles. The first-order valence-corrected chi connectivity index (χ1v) is 10.8. The quantitative estimate of drug-likeness (QED) is 0.518. The van der Waals surface area contributed by atoms with E-state index >= 15 is 0 Å². The van der Waals surface area contributed by atoms with Gasteiger partial charge in [0.1, 0.15) is 11.5 Å². The second-order valence-corrected chi connectivity index (χ2v) is 8.64. The summed E-state index contributed by atoms with van der Waals surface area (Å²) in [5, 5.41) is 0.779. The number of para-hydroxylation sites is 1. The van der Waals surface area contributed by atoms with E-state index in [1.165, 1.54) is 12.1 Å². The Labute approximate surface area is 174 Å². The molecule has 0 spiro atoms. The zero-order valence-electron chi connectivity index (χ0n) is 16.5. The first-order chi connectivity index (χ1) is 14.3. The van der Waals surface area contributed by atoms with Crippen molar-refractivity contribution in [3.63, 3.8) is 0 Å². The summed E-state index contributed by atoms with van der Waals surface area (Å²) >= 11 is 0. The molecule has 0 aliphatic carbocycles. The molecule has 0 aliphatic rings. The van der Waals surface area contributed by atoms with Crippen LogP contribution in [0.3, 0.4) is 0 Å². The molecule has 1 aromatic heterocycles. The maximum atomic E-state index is 12.8. The molecule has 0 saturated carbocycles. The van der Waals surface area contributed by atoms with Crippen LogP contribution in [0.1, 0.15) is 5.56 Å². The van der Waals surface area contributed by atoms with Crippen LogP contribution in [0.5, 0.6) is 11.5 Å². The smallest absolute Gasteiger partial charge is 0.261 e. The van der Waals surface area contributed by atoms with Gasteiger partial charge in [0.25, 0.3) is 15.6 Å². The molecule has 0 atom stereocenters. The lowest BCUT2D eigenvalue weighted by Crippen LogP contribution is -2.19. The minimum absolute atomic E-state index is 0.0753. The van der Waals surface area contributed by atoms with Crippen LogP contribution in [0.15, 0.2) is 88.6 Å². The third-order valence-electron chi connectivity index (χ3n) is 4.77. The maximum absolute atomic E-state index is 12.8. The molecule has 30 heavy (non-hydrogen) atoms. The van der Waals surface area contributed by atoms with Crippen LogP contribution >= 0.6 is 0 Å². The number of rotatable bonds is 5. The van der Waals surface area contributed by atoms with Crippen molar-refractivity contribution in [1.29, 1.82) is 0 Å². The Balaban J connectivity index is 1.58. The van der Waals surface area contributed by atoms with Gasteiger partial charge >= 0.3 is 0 Å². The van der Waals surface area contributed by atoms with E-state index in [1.54, 1.807) is 54.9 Å². The summed E-state index contributed by atoms with van der Waals surface area (Å²) in [7, 11) is -2.08. The van der Waals surface area contributed by atoms with Crippen molar-refractivity contribution in [3.05, 3.63) is 94.8 Å². The second-order valence-electron chi connectivity index (χ2n) is 6.96. The summed E-state index contributed by atoms with van der Waals surface area (Å²) in [6, 6.07) is 22.3. The van der Waals surface area contributed by atoms with Gasteiger partial charge in [-0.25, -0.2) is 8.42 Å². The fourth-order valence-electron chi connectivity index (χ4n) is 3.23. The molecule has 0 fully saturated rings. The fourth-order valence-corrected chi connectivity index (χ4v) is 4.28. The summed E-state index contributed by atoms with van der Waals surface area (Å²) in [4.78, 5) is 12.2. The zero-order valence-corrected chi connectivity index (χ0v) is 17.3. The molecule has 3 aromatic carbocycles. The number of sulfonamides is 1. The van der Waals surface area contributed by atoms with Gasteiger partial charge in [-0.1, -0.05) is 18.2 Å². The minimum atomic E-state index is -3.77. The second kappa shape index (κ2) is 7.68. The van der Waals surface area contributed by atoms with Crippen molar-refractivity contribution in [1.82, 2.24) is 4.57 Å². The highest BCUT2D eigenvalue weighted by Gasteiger charge is 2.15. The highest BCUT2D eigenvalue weighted by Crippen LogP contribution is 2.25. The molecule has 6 nitrogen and oxygen atoms in total. The largest absolute Gasteiger partial charge is 0.457 e. The van der Waals surface area contributed by atoms with Crippen LogP contribution in [0.25, 0.3) is 10.9 Å². The predicted molar refractivity (Wildman–Crippen MR) is 118 cm³/mol. The van der Waals surface area contributed by atoms with Crippen molar-refractivity contribution in [2.75, 3.05) is 4.72 Å². The van der Waals surface area contributed by atoms with Crippen LogP contribution in [-0.4, -0.2) is 13.0 Å². The highest BCUT2D eigenvalue weighted by molar-refractivity contribution is 7.92. The molecule has 152 valence electrons. The fraction of sp³-hybridized carbons (Fsp3) is 0.0870. The van der Waals surface area contributed by atoms with Gasteiger partial charge in [-0.2, -0.15) is 0 Å². The number of hydrogen-bond donors (Lipinski definition) is 1. The Bertz CT molecular complexity index is 1380. The number of nitrogens with zero attached hydrogens (tertiary/aromatic N) is 1. The summed E-state index contributed by atoms with van der Waals surface area (Å²) in [6.45, 7) is 1.73. The van der Waals surface area contributed by atoms with E-state index in [0.717, 1.165) is 10.9 Å². The Morgan fingerprint density at radius 1 is 0.867 bits per heavy atom. The van der Waals surface area contributed by atoms with Crippen molar-refractivity contribution < 1.29 is 13.2 Å². The Hall–Kier alpha value is -3.58. The van der Waals surface area contributed by atoms with E-state index in [2.05, 4.69) is 4.72 Å². The van der Waals surface area contributed by atoms with Crippen molar-refractivity contribution in [3.8, 4) is 11.5 Å². The Morgan fingerprint density at radius 2 is 1.53 bits per heavy atom. The van der Waals surface area contributed by atoms with Crippen LogP contribution in [0.2, 0.25) is 0 Å². The predicted octanol–water partition coefficient (Wildman–Crippen LogP) is 4.44. The number of pyridine rings is 1. The van der Waals surface area contributed by atoms with Gasteiger partial charge in [0.15, 0.2) is 0 Å². The van der Waals surface area contributed by atoms with Gasteiger partial charge in [0.2, 0.25) is 0 Å². The van der Waals surface area contributed by atoms with Crippen LogP contribution < -0.4 is 15.0 Å². The molecule has 4 aromatic rings. The standard InChI is InChI=1S/C23H20N2O4S/c1-16-14-17-15-18(8-13-22(17)25(2)23(16)26)24-30(27,28)21-11-9-20(10-12-21)29-19-6-4-3-5-7-19/h3-15,24H,1-2H3. The molecule has 0 unspecified atom stereocenters. The van der Waals surface area contributed by atoms with Crippen molar-refractivity contribution in [2.45, 2.75) is 11.8 Å². The summed E-state index contributed by atoms with van der Waals surface area (Å²) in [5.41, 5.74) is 1.67. The number of aryl methyl sites for hydroxylation is 2. The van der Waals surface area contributed by atoms with E-state index in [4.69, 9.17) is 4.74 Å². The van der Waals surface area contributed by atoms with Crippen molar-refractivity contribution >= 4 is 26.6 Å². The van der Waals surface area contributed by atoms with Gasteiger partial charge in [-0.3, -0.25) is 9.52 Å². The van der Waals surface area contributed by atoms with Gasteiger partial charge < -0.3 is 9.30 Å². The van der Waals surface area contributed by atoms with Crippen LogP contribution in [-0.2, 0) is 17.1 Å². The molecular weight excluding hydrogens is 400 g/mol. The third kappa shape index (κ3) is 3.92. The molecule has 7 heteroatoms. The molecule has 0 aliphatic heterocycles. The number of hydrogen-bond acceptors (Lipinski definition) is 4. The Kier molecular flexibility index (Phi) is 5.05. The maximum Gasteiger partial charge on any atom is 0.261 e. The Morgan fingerprint density at radius 3 is 2.23 bits per heavy atom. The number of nitrogens with one attached hydrogen (secondary N) is 1. The molecule has 1 heterocycles. The molecule has 0 radical (unpaired) electrons. The number of anilines is 1. The SMILES string of the molecule is Cc1cc2cc(NS(=O)(=O)c3ccc(Oc4ccccc4)cc3)ccc2n(C)c1=O. The van der Waals surface area contributed by atoms with Gasteiger partial charge in [0.05, 0.1) is 10.4 Å². The lowest BCUT2D eigenvalue weighted by atomic mass is 10.1. The van der Waals surface area contributed by atoms with E-state index in [-0.39, 0.29) is 10.5 Å². The highest BCUT2D eigenvalue weighted by atomic mass is 32.2. The van der Waals surface area contributed by atoms with Crippen LogP contribution in [0.4, 0.5) is 5.69 Å². The molecular formula is C23H20N2O4S. The summed E-state index contributed by atoms with van der Waals surface area (Å²) in [6.07, 6.45) is 0. The average molecular weight is 420 g/mol. The lowest BCUT2D eigenvalue weighted by Gasteiger charge is -2.12. The normalized spacial score (nSPS) is 11.4. The first-order valence-electron chi connectivity index (χ1n) is 9.30. The topological polar surface area (TPSA) is 77.4 Å². The zero-order chi connectivity index (χ0) is 21.3. The van der Waals surface area contributed by atoms with Crippen LogP contribution in [0, 0.1) is 6.92 Å². The molecule has 1 N–H and O–H groups in total. The van der Waals surface area contributed by atoms with Gasteiger partial charge in [-0.05, 0) is 67.6 Å². The number of ether oxygens (including phenoxy) is 1. The molecule has 4 rings (SSSR count).